The number of piperidine rings is 1. The van der Waals surface area contributed by atoms with Crippen LogP contribution in [0.15, 0.2) is 18.2 Å². The van der Waals surface area contributed by atoms with Crippen LogP contribution in [0, 0.1) is 17.1 Å². The zero-order valence-electron chi connectivity index (χ0n) is 10.7. The number of aliphatic hydroxyl groups excluding tert-OH is 1. The summed E-state index contributed by atoms with van der Waals surface area (Å²) in [5.74, 6) is -0.488. The lowest BCUT2D eigenvalue weighted by Crippen LogP contribution is -2.40. The molecular formula is C14H17FN2O2. The lowest BCUT2D eigenvalue weighted by molar-refractivity contribution is 0.0214. The first kappa shape index (κ1) is 13.8. The molecule has 0 spiro atoms. The van der Waals surface area contributed by atoms with Gasteiger partial charge in [0.2, 0.25) is 0 Å². The van der Waals surface area contributed by atoms with Gasteiger partial charge in [0, 0.05) is 13.1 Å². The van der Waals surface area contributed by atoms with Crippen molar-refractivity contribution in [3.05, 3.63) is 29.6 Å². The molecule has 1 aliphatic rings. The van der Waals surface area contributed by atoms with Crippen LogP contribution in [0.25, 0.3) is 0 Å². The van der Waals surface area contributed by atoms with Crippen LogP contribution in [0.1, 0.15) is 18.4 Å². The maximum atomic E-state index is 13.6. The molecule has 102 valence electrons. The van der Waals surface area contributed by atoms with Crippen LogP contribution in [0.3, 0.4) is 0 Å². The van der Waals surface area contributed by atoms with Crippen molar-refractivity contribution in [2.75, 3.05) is 31.2 Å². The predicted molar refractivity (Wildman–Crippen MR) is 69.4 cm³/mol. The van der Waals surface area contributed by atoms with E-state index in [1.165, 1.54) is 6.07 Å². The number of benzene rings is 1. The van der Waals surface area contributed by atoms with Gasteiger partial charge in [0.25, 0.3) is 0 Å². The van der Waals surface area contributed by atoms with Gasteiger partial charge in [-0.05, 0) is 25.0 Å². The summed E-state index contributed by atoms with van der Waals surface area (Å²) in [6.07, 6.45) is 1.88. The maximum absolute atomic E-state index is 13.6. The van der Waals surface area contributed by atoms with Crippen molar-refractivity contribution in [1.82, 2.24) is 0 Å². The second kappa shape index (κ2) is 6.50. The molecule has 1 aromatic rings. The van der Waals surface area contributed by atoms with Gasteiger partial charge in [-0.25, -0.2) is 4.39 Å². The molecule has 0 aromatic heterocycles. The SMILES string of the molecule is N#Cc1c(F)cccc1N1CCCC(OCCO)C1. The number of anilines is 1. The Labute approximate surface area is 112 Å². The Kier molecular flexibility index (Phi) is 4.72. The summed E-state index contributed by atoms with van der Waals surface area (Å²) in [5.41, 5.74) is 0.713. The standard InChI is InChI=1S/C14H17FN2O2/c15-13-4-1-5-14(12(13)9-16)17-6-2-3-11(10-17)19-8-7-18/h1,4-5,11,18H,2-3,6-8,10H2. The van der Waals surface area contributed by atoms with E-state index in [4.69, 9.17) is 15.1 Å². The van der Waals surface area contributed by atoms with Crippen molar-refractivity contribution in [2.45, 2.75) is 18.9 Å². The highest BCUT2D eigenvalue weighted by Crippen LogP contribution is 2.26. The predicted octanol–water partition coefficient (Wildman–Crippen LogP) is 1.68. The molecule has 0 saturated carbocycles. The minimum Gasteiger partial charge on any atom is -0.394 e. The van der Waals surface area contributed by atoms with Crippen molar-refractivity contribution < 1.29 is 14.2 Å². The van der Waals surface area contributed by atoms with Crippen LogP contribution in [0.5, 0.6) is 0 Å². The van der Waals surface area contributed by atoms with Crippen molar-refractivity contribution in [2.24, 2.45) is 0 Å². The quantitative estimate of drug-likeness (QED) is 0.899. The number of hydrogen-bond acceptors (Lipinski definition) is 4. The third-order valence-corrected chi connectivity index (χ3v) is 3.27. The molecule has 1 aliphatic heterocycles. The lowest BCUT2D eigenvalue weighted by atomic mass is 10.1. The number of aliphatic hydroxyl groups is 1. The van der Waals surface area contributed by atoms with E-state index in [9.17, 15) is 4.39 Å². The molecule has 0 bridgehead atoms. The fourth-order valence-corrected chi connectivity index (χ4v) is 2.40. The van der Waals surface area contributed by atoms with Crippen LogP contribution in [0.2, 0.25) is 0 Å². The fourth-order valence-electron chi connectivity index (χ4n) is 2.40. The number of nitriles is 1. The first-order valence-electron chi connectivity index (χ1n) is 6.42. The third kappa shape index (κ3) is 3.22. The highest BCUT2D eigenvalue weighted by molar-refractivity contribution is 5.60. The average molecular weight is 264 g/mol. The molecule has 1 atom stereocenters. The Bertz CT molecular complexity index is 473. The van der Waals surface area contributed by atoms with E-state index in [0.717, 1.165) is 19.4 Å². The molecule has 2 rings (SSSR count). The Morgan fingerprint density at radius 1 is 1.53 bits per heavy atom. The molecule has 1 aromatic carbocycles. The van der Waals surface area contributed by atoms with Crippen molar-refractivity contribution in [3.8, 4) is 6.07 Å². The highest BCUT2D eigenvalue weighted by Gasteiger charge is 2.23. The monoisotopic (exact) mass is 264 g/mol. The minimum absolute atomic E-state index is 0.0000886. The summed E-state index contributed by atoms with van der Waals surface area (Å²) in [6, 6.07) is 6.59. The van der Waals surface area contributed by atoms with Gasteiger partial charge in [-0.15, -0.1) is 0 Å². The zero-order chi connectivity index (χ0) is 13.7. The Morgan fingerprint density at radius 2 is 2.37 bits per heavy atom. The molecule has 1 unspecified atom stereocenters. The molecule has 0 radical (unpaired) electrons. The van der Waals surface area contributed by atoms with E-state index in [2.05, 4.69) is 0 Å². The number of rotatable bonds is 4. The van der Waals surface area contributed by atoms with Crippen LogP contribution < -0.4 is 4.90 Å². The Morgan fingerprint density at radius 3 is 3.11 bits per heavy atom. The van der Waals surface area contributed by atoms with E-state index in [-0.39, 0.29) is 18.3 Å². The third-order valence-electron chi connectivity index (χ3n) is 3.27. The van der Waals surface area contributed by atoms with E-state index < -0.39 is 5.82 Å². The first-order valence-corrected chi connectivity index (χ1v) is 6.42. The first-order chi connectivity index (χ1) is 9.26. The Hall–Kier alpha value is -1.64. The largest absolute Gasteiger partial charge is 0.394 e. The van der Waals surface area contributed by atoms with Gasteiger partial charge >= 0.3 is 0 Å². The van der Waals surface area contributed by atoms with Crippen LogP contribution in [-0.4, -0.2) is 37.5 Å². The summed E-state index contributed by atoms with van der Waals surface area (Å²) in [5, 5.41) is 17.8. The summed E-state index contributed by atoms with van der Waals surface area (Å²) in [7, 11) is 0. The molecule has 1 heterocycles. The molecule has 5 heteroatoms. The van der Waals surface area contributed by atoms with Crippen molar-refractivity contribution >= 4 is 5.69 Å². The molecule has 0 aliphatic carbocycles. The molecule has 4 nitrogen and oxygen atoms in total. The minimum atomic E-state index is -0.488. The van der Waals surface area contributed by atoms with Gasteiger partial charge in [0.1, 0.15) is 17.4 Å². The maximum Gasteiger partial charge on any atom is 0.143 e. The normalized spacial score (nSPS) is 19.2. The van der Waals surface area contributed by atoms with E-state index in [0.29, 0.717) is 18.8 Å². The van der Waals surface area contributed by atoms with Crippen LogP contribution >= 0.6 is 0 Å². The second-order valence-electron chi connectivity index (χ2n) is 4.55. The average Bonchev–Trinajstić information content (AvgIpc) is 2.45. The molecular weight excluding hydrogens is 247 g/mol. The van der Waals surface area contributed by atoms with E-state index in [1.807, 2.05) is 11.0 Å². The Balaban J connectivity index is 2.13. The molecule has 0 amide bonds. The molecule has 1 fully saturated rings. The van der Waals surface area contributed by atoms with E-state index in [1.54, 1.807) is 12.1 Å². The van der Waals surface area contributed by atoms with Gasteiger partial charge in [0.15, 0.2) is 0 Å². The second-order valence-corrected chi connectivity index (χ2v) is 4.55. The van der Waals surface area contributed by atoms with Gasteiger partial charge in [0.05, 0.1) is 25.0 Å². The lowest BCUT2D eigenvalue weighted by Gasteiger charge is -2.34. The molecule has 1 N–H and O–H groups in total. The van der Waals surface area contributed by atoms with Gasteiger partial charge in [-0.2, -0.15) is 5.26 Å². The topological polar surface area (TPSA) is 56.5 Å². The number of ether oxygens (including phenoxy) is 1. The number of nitrogens with zero attached hydrogens (tertiary/aromatic N) is 2. The highest BCUT2D eigenvalue weighted by atomic mass is 19.1. The van der Waals surface area contributed by atoms with E-state index >= 15 is 0 Å². The van der Waals surface area contributed by atoms with Crippen LogP contribution in [-0.2, 0) is 4.74 Å². The zero-order valence-corrected chi connectivity index (χ0v) is 10.7. The summed E-state index contributed by atoms with van der Waals surface area (Å²) in [4.78, 5) is 1.98. The summed E-state index contributed by atoms with van der Waals surface area (Å²) >= 11 is 0. The number of hydrogen-bond donors (Lipinski definition) is 1. The molecule has 19 heavy (non-hydrogen) atoms. The number of halogens is 1. The van der Waals surface area contributed by atoms with Gasteiger partial charge in [-0.3, -0.25) is 0 Å². The van der Waals surface area contributed by atoms with Gasteiger partial charge in [-0.1, -0.05) is 6.07 Å². The van der Waals surface area contributed by atoms with Crippen LogP contribution in [0.4, 0.5) is 10.1 Å². The smallest absolute Gasteiger partial charge is 0.143 e. The molecule has 1 saturated heterocycles. The summed E-state index contributed by atoms with van der Waals surface area (Å²) < 4.78 is 19.1. The fraction of sp³-hybridized carbons (Fsp3) is 0.500. The van der Waals surface area contributed by atoms with Crippen molar-refractivity contribution in [1.29, 1.82) is 5.26 Å². The summed E-state index contributed by atoms with van der Waals surface area (Å²) in [6.45, 7) is 1.72. The van der Waals surface area contributed by atoms with Gasteiger partial charge < -0.3 is 14.7 Å². The van der Waals surface area contributed by atoms with Crippen molar-refractivity contribution in [3.63, 3.8) is 0 Å².